The van der Waals surface area contributed by atoms with Crippen molar-refractivity contribution in [2.75, 3.05) is 26.2 Å². The van der Waals surface area contributed by atoms with Crippen LogP contribution in [0.3, 0.4) is 0 Å². The van der Waals surface area contributed by atoms with Crippen molar-refractivity contribution in [3.63, 3.8) is 0 Å². The molecule has 0 unspecified atom stereocenters. The normalized spacial score (nSPS) is 16.2. The fraction of sp³-hybridized carbons (Fsp3) is 0.867. The van der Waals surface area contributed by atoms with Crippen LogP contribution >= 0.6 is 0 Å². The molecule has 1 saturated heterocycles. The summed E-state index contributed by atoms with van der Waals surface area (Å²) >= 11 is 0. The standard InChI is InChI=1S/C15H28N2O3/c1-2-3-4-5-6-14(19)16-11-15(20)17-9-7-13(12-18)8-10-17/h13,18H,2-12H2,1H3,(H,16,19). The average Bonchev–Trinajstić information content (AvgIpc) is 2.49. The fourth-order valence-electron chi connectivity index (χ4n) is 2.45. The maximum absolute atomic E-state index is 11.9. The SMILES string of the molecule is CCCCCCC(=O)NCC(=O)N1CCC(CO)CC1. The number of piperidine rings is 1. The van der Waals surface area contributed by atoms with Gasteiger partial charge in [0.1, 0.15) is 0 Å². The van der Waals surface area contributed by atoms with E-state index < -0.39 is 0 Å². The van der Waals surface area contributed by atoms with Gasteiger partial charge in [0.25, 0.3) is 0 Å². The highest BCUT2D eigenvalue weighted by atomic mass is 16.3. The topological polar surface area (TPSA) is 69.6 Å². The molecule has 2 N–H and O–H groups in total. The number of nitrogens with zero attached hydrogens (tertiary/aromatic N) is 1. The molecule has 2 amide bonds. The van der Waals surface area contributed by atoms with Gasteiger partial charge >= 0.3 is 0 Å². The maximum atomic E-state index is 11.9. The second kappa shape index (κ2) is 9.75. The lowest BCUT2D eigenvalue weighted by Crippen LogP contribution is -2.44. The molecule has 0 aliphatic carbocycles. The number of aliphatic hydroxyl groups is 1. The number of nitrogens with one attached hydrogen (secondary N) is 1. The third-order valence-electron chi connectivity index (χ3n) is 3.92. The van der Waals surface area contributed by atoms with Crippen molar-refractivity contribution in [3.05, 3.63) is 0 Å². The predicted octanol–water partition coefficient (Wildman–Crippen LogP) is 1.30. The summed E-state index contributed by atoms with van der Waals surface area (Å²) in [7, 11) is 0. The van der Waals surface area contributed by atoms with Crippen molar-refractivity contribution < 1.29 is 14.7 Å². The number of likely N-dealkylation sites (tertiary alicyclic amines) is 1. The first-order valence-corrected chi connectivity index (χ1v) is 7.82. The molecule has 0 aromatic carbocycles. The molecule has 0 radical (unpaired) electrons. The average molecular weight is 284 g/mol. The number of amides is 2. The summed E-state index contributed by atoms with van der Waals surface area (Å²) in [6.07, 6.45) is 6.51. The molecule has 0 saturated carbocycles. The minimum absolute atomic E-state index is 0.0108. The van der Waals surface area contributed by atoms with Gasteiger partial charge in [-0.1, -0.05) is 26.2 Å². The molecule has 0 atom stereocenters. The number of rotatable bonds is 8. The number of hydrogen-bond acceptors (Lipinski definition) is 3. The van der Waals surface area contributed by atoms with E-state index in [0.717, 1.165) is 38.5 Å². The van der Waals surface area contributed by atoms with Crippen LogP contribution in [0.15, 0.2) is 0 Å². The Morgan fingerprint density at radius 3 is 2.50 bits per heavy atom. The third-order valence-corrected chi connectivity index (χ3v) is 3.92. The van der Waals surface area contributed by atoms with Gasteiger partial charge in [0.15, 0.2) is 0 Å². The predicted molar refractivity (Wildman–Crippen MR) is 78.2 cm³/mol. The van der Waals surface area contributed by atoms with E-state index in [4.69, 9.17) is 5.11 Å². The highest BCUT2D eigenvalue weighted by molar-refractivity contribution is 5.84. The van der Waals surface area contributed by atoms with E-state index in [2.05, 4.69) is 12.2 Å². The van der Waals surface area contributed by atoms with Gasteiger partial charge in [-0.25, -0.2) is 0 Å². The zero-order chi connectivity index (χ0) is 14.8. The Bertz CT molecular complexity index is 299. The molecule has 1 heterocycles. The molecule has 0 bridgehead atoms. The Balaban J connectivity index is 2.12. The molecule has 1 fully saturated rings. The zero-order valence-electron chi connectivity index (χ0n) is 12.6. The van der Waals surface area contributed by atoms with Crippen LogP contribution < -0.4 is 5.32 Å². The van der Waals surface area contributed by atoms with Crippen molar-refractivity contribution in [1.82, 2.24) is 10.2 Å². The van der Waals surface area contributed by atoms with Crippen LogP contribution in [0.4, 0.5) is 0 Å². The van der Waals surface area contributed by atoms with Gasteiger partial charge in [-0.15, -0.1) is 0 Å². The van der Waals surface area contributed by atoms with Crippen LogP contribution in [0, 0.1) is 5.92 Å². The van der Waals surface area contributed by atoms with E-state index >= 15 is 0 Å². The fourth-order valence-corrected chi connectivity index (χ4v) is 2.45. The number of aliphatic hydroxyl groups excluding tert-OH is 1. The number of carbonyl (C=O) groups excluding carboxylic acids is 2. The van der Waals surface area contributed by atoms with Crippen LogP contribution in [0.25, 0.3) is 0 Å². The monoisotopic (exact) mass is 284 g/mol. The second-order valence-corrected chi connectivity index (χ2v) is 5.59. The van der Waals surface area contributed by atoms with Gasteiger partial charge in [-0.3, -0.25) is 9.59 Å². The van der Waals surface area contributed by atoms with Gasteiger partial charge in [-0.2, -0.15) is 0 Å². The van der Waals surface area contributed by atoms with E-state index in [9.17, 15) is 9.59 Å². The van der Waals surface area contributed by atoms with Gasteiger partial charge in [0.05, 0.1) is 6.54 Å². The van der Waals surface area contributed by atoms with E-state index in [1.54, 1.807) is 4.90 Å². The highest BCUT2D eigenvalue weighted by Gasteiger charge is 2.22. The Hall–Kier alpha value is -1.10. The smallest absolute Gasteiger partial charge is 0.241 e. The molecular weight excluding hydrogens is 256 g/mol. The third kappa shape index (κ3) is 6.37. The summed E-state index contributed by atoms with van der Waals surface area (Å²) in [6, 6.07) is 0. The Morgan fingerprint density at radius 2 is 1.90 bits per heavy atom. The van der Waals surface area contributed by atoms with Crippen molar-refractivity contribution in [3.8, 4) is 0 Å². The summed E-state index contributed by atoms with van der Waals surface area (Å²) in [5.74, 6) is 0.287. The van der Waals surface area contributed by atoms with Gasteiger partial charge in [0, 0.05) is 26.1 Å². The van der Waals surface area contributed by atoms with E-state index in [0.29, 0.717) is 25.4 Å². The largest absolute Gasteiger partial charge is 0.396 e. The summed E-state index contributed by atoms with van der Waals surface area (Å²) in [6.45, 7) is 3.83. The molecule has 5 heteroatoms. The lowest BCUT2D eigenvalue weighted by Gasteiger charge is -2.31. The Labute approximate surface area is 121 Å². The van der Waals surface area contributed by atoms with Crippen molar-refractivity contribution >= 4 is 11.8 Å². The lowest BCUT2D eigenvalue weighted by atomic mass is 9.98. The minimum Gasteiger partial charge on any atom is -0.396 e. The Morgan fingerprint density at radius 1 is 1.20 bits per heavy atom. The van der Waals surface area contributed by atoms with Crippen molar-refractivity contribution in [2.24, 2.45) is 5.92 Å². The molecule has 1 aliphatic rings. The summed E-state index contributed by atoms with van der Waals surface area (Å²) in [5, 5.41) is 11.8. The quantitative estimate of drug-likeness (QED) is 0.660. The molecule has 1 aliphatic heterocycles. The van der Waals surface area contributed by atoms with Gasteiger partial charge in [-0.05, 0) is 25.2 Å². The van der Waals surface area contributed by atoms with Crippen molar-refractivity contribution in [2.45, 2.75) is 51.9 Å². The first kappa shape index (κ1) is 17.0. The van der Waals surface area contributed by atoms with Gasteiger partial charge < -0.3 is 15.3 Å². The second-order valence-electron chi connectivity index (χ2n) is 5.59. The highest BCUT2D eigenvalue weighted by Crippen LogP contribution is 2.16. The van der Waals surface area contributed by atoms with Crippen LogP contribution in [-0.2, 0) is 9.59 Å². The molecule has 0 aromatic heterocycles. The minimum atomic E-state index is -0.0281. The maximum Gasteiger partial charge on any atom is 0.241 e. The number of hydrogen-bond donors (Lipinski definition) is 2. The first-order valence-electron chi connectivity index (χ1n) is 7.82. The summed E-state index contributed by atoms with van der Waals surface area (Å²) in [5.41, 5.74) is 0. The van der Waals surface area contributed by atoms with E-state index in [1.165, 1.54) is 0 Å². The molecule has 20 heavy (non-hydrogen) atoms. The summed E-state index contributed by atoms with van der Waals surface area (Å²) < 4.78 is 0. The molecule has 1 rings (SSSR count). The van der Waals surface area contributed by atoms with Crippen LogP contribution in [0.5, 0.6) is 0 Å². The molecule has 5 nitrogen and oxygen atoms in total. The van der Waals surface area contributed by atoms with Gasteiger partial charge in [0.2, 0.25) is 11.8 Å². The number of carbonyl (C=O) groups is 2. The molecule has 0 aromatic rings. The molecular formula is C15H28N2O3. The van der Waals surface area contributed by atoms with Crippen LogP contribution in [0.1, 0.15) is 51.9 Å². The van der Waals surface area contributed by atoms with Crippen LogP contribution in [0.2, 0.25) is 0 Å². The zero-order valence-corrected chi connectivity index (χ0v) is 12.6. The molecule has 116 valence electrons. The first-order chi connectivity index (χ1) is 9.67. The molecule has 0 spiro atoms. The number of unbranched alkanes of at least 4 members (excludes halogenated alkanes) is 3. The summed E-state index contributed by atoms with van der Waals surface area (Å²) in [4.78, 5) is 25.3. The van der Waals surface area contributed by atoms with Crippen LogP contribution in [-0.4, -0.2) is 48.1 Å². The van der Waals surface area contributed by atoms with Crippen molar-refractivity contribution in [1.29, 1.82) is 0 Å². The lowest BCUT2D eigenvalue weighted by molar-refractivity contribution is -0.134. The Kier molecular flexibility index (Phi) is 8.26. The van der Waals surface area contributed by atoms with E-state index in [-0.39, 0.29) is 25.0 Å². The van der Waals surface area contributed by atoms with E-state index in [1.807, 2.05) is 0 Å².